The Kier molecular flexibility index (Phi) is 3.85. The Balaban J connectivity index is 1.51. The van der Waals surface area contributed by atoms with Crippen molar-refractivity contribution in [1.82, 2.24) is 29.1 Å². The molecule has 0 spiro atoms. The summed E-state index contributed by atoms with van der Waals surface area (Å²) in [7, 11) is 3.53. The average molecular weight is 381 g/mol. The monoisotopic (exact) mass is 381 g/mol. The molecule has 2 fully saturated rings. The molecule has 1 atom stereocenters. The lowest BCUT2D eigenvalue weighted by molar-refractivity contribution is 0.476. The summed E-state index contributed by atoms with van der Waals surface area (Å²) in [5, 5.41) is 9.27. The first kappa shape index (κ1) is 17.2. The highest BCUT2D eigenvalue weighted by molar-refractivity contribution is 5.74. The van der Waals surface area contributed by atoms with Crippen molar-refractivity contribution in [2.24, 2.45) is 14.1 Å². The van der Waals surface area contributed by atoms with Gasteiger partial charge in [-0.2, -0.15) is 15.2 Å². The van der Waals surface area contributed by atoms with Crippen molar-refractivity contribution in [3.05, 3.63) is 44.7 Å². The van der Waals surface area contributed by atoms with Crippen LogP contribution in [-0.4, -0.2) is 41.7 Å². The Labute approximate surface area is 161 Å². The first-order chi connectivity index (χ1) is 13.5. The molecule has 1 saturated carbocycles. The molecule has 0 radical (unpaired) electrons. The van der Waals surface area contributed by atoms with E-state index in [4.69, 9.17) is 4.98 Å². The van der Waals surface area contributed by atoms with E-state index >= 15 is 0 Å². The molecule has 3 aromatic heterocycles. The molecule has 2 aliphatic rings. The van der Waals surface area contributed by atoms with Gasteiger partial charge in [-0.15, -0.1) is 0 Å². The molecule has 0 amide bonds. The van der Waals surface area contributed by atoms with Gasteiger partial charge in [-0.3, -0.25) is 18.8 Å². The zero-order valence-electron chi connectivity index (χ0n) is 16.1. The molecule has 4 heterocycles. The van der Waals surface area contributed by atoms with Crippen LogP contribution in [0, 0.1) is 0 Å². The summed E-state index contributed by atoms with van der Waals surface area (Å²) in [6.45, 7) is 1.30. The van der Waals surface area contributed by atoms with Gasteiger partial charge in [0.1, 0.15) is 5.39 Å². The van der Waals surface area contributed by atoms with E-state index in [2.05, 4.69) is 15.1 Å². The van der Waals surface area contributed by atoms with Gasteiger partial charge in [0.15, 0.2) is 5.65 Å². The van der Waals surface area contributed by atoms with E-state index in [1.54, 1.807) is 40.3 Å². The molecule has 28 heavy (non-hydrogen) atoms. The number of rotatable bonds is 4. The van der Waals surface area contributed by atoms with E-state index in [-0.39, 0.29) is 17.2 Å². The van der Waals surface area contributed by atoms with Crippen LogP contribution in [0.5, 0.6) is 0 Å². The first-order valence-corrected chi connectivity index (χ1v) is 9.76. The van der Waals surface area contributed by atoms with Gasteiger partial charge >= 0.3 is 0 Å². The summed E-state index contributed by atoms with van der Waals surface area (Å²) >= 11 is 0. The number of hydrogen-bond acceptors (Lipinski definition) is 6. The molecule has 0 N–H and O–H groups in total. The topological polar surface area (TPSA) is 90.8 Å². The summed E-state index contributed by atoms with van der Waals surface area (Å²) in [4.78, 5) is 32.0. The highest BCUT2D eigenvalue weighted by atomic mass is 16.1. The molecule has 146 valence electrons. The van der Waals surface area contributed by atoms with Crippen molar-refractivity contribution >= 4 is 17.0 Å². The van der Waals surface area contributed by atoms with E-state index < -0.39 is 0 Å². The standard InChI is InChI=1S/C19H23N7O2/c1-23-18(28)14-10-20-24(2)17(14)21-19(23)25-9-3-4-13(25)11-26-16(27)8-7-15(22-26)12-5-6-12/h7-8,10,12-13H,3-6,9,11H2,1-2H3. The van der Waals surface area contributed by atoms with Crippen molar-refractivity contribution < 1.29 is 0 Å². The number of fused-ring (bicyclic) bond motifs is 1. The normalized spacial score (nSPS) is 19.6. The summed E-state index contributed by atoms with van der Waals surface area (Å²) in [5.74, 6) is 1.12. The van der Waals surface area contributed by atoms with E-state index in [0.29, 0.717) is 29.4 Å². The van der Waals surface area contributed by atoms with E-state index in [0.717, 1.165) is 37.9 Å². The number of anilines is 1. The third-order valence-corrected chi connectivity index (χ3v) is 5.85. The van der Waals surface area contributed by atoms with Gasteiger partial charge in [-0.1, -0.05) is 0 Å². The van der Waals surface area contributed by atoms with Gasteiger partial charge in [-0.05, 0) is 31.7 Å². The summed E-state index contributed by atoms with van der Waals surface area (Å²) < 4.78 is 4.78. The predicted octanol–water partition coefficient (Wildman–Crippen LogP) is 0.770. The van der Waals surface area contributed by atoms with Gasteiger partial charge in [0.05, 0.1) is 24.5 Å². The Morgan fingerprint density at radius 3 is 2.75 bits per heavy atom. The Morgan fingerprint density at radius 2 is 1.96 bits per heavy atom. The molecular weight excluding hydrogens is 358 g/mol. The molecule has 1 saturated heterocycles. The third kappa shape index (κ3) is 2.73. The second-order valence-corrected chi connectivity index (χ2v) is 7.82. The smallest absolute Gasteiger partial charge is 0.266 e. The van der Waals surface area contributed by atoms with Gasteiger partial charge in [0, 0.05) is 32.6 Å². The van der Waals surface area contributed by atoms with Gasteiger partial charge in [0.25, 0.3) is 11.1 Å². The molecular formula is C19H23N7O2. The lowest BCUT2D eigenvalue weighted by Gasteiger charge is -2.27. The van der Waals surface area contributed by atoms with Crippen molar-refractivity contribution in [2.45, 2.75) is 44.2 Å². The fourth-order valence-electron chi connectivity index (χ4n) is 4.09. The van der Waals surface area contributed by atoms with Crippen molar-refractivity contribution in [3.63, 3.8) is 0 Å². The van der Waals surface area contributed by atoms with Crippen molar-refractivity contribution in [3.8, 4) is 0 Å². The molecule has 5 rings (SSSR count). The molecule has 3 aromatic rings. The zero-order valence-corrected chi connectivity index (χ0v) is 16.1. The van der Waals surface area contributed by atoms with E-state index in [1.807, 2.05) is 6.07 Å². The van der Waals surface area contributed by atoms with E-state index in [1.165, 1.54) is 0 Å². The van der Waals surface area contributed by atoms with Crippen LogP contribution >= 0.6 is 0 Å². The molecule has 0 bridgehead atoms. The molecule has 9 nitrogen and oxygen atoms in total. The number of aromatic nitrogens is 6. The lowest BCUT2D eigenvalue weighted by Crippen LogP contribution is -2.40. The van der Waals surface area contributed by atoms with Crippen LogP contribution in [0.2, 0.25) is 0 Å². The van der Waals surface area contributed by atoms with Crippen LogP contribution in [0.1, 0.15) is 37.3 Å². The molecule has 1 aliphatic heterocycles. The van der Waals surface area contributed by atoms with Crippen LogP contribution < -0.4 is 16.0 Å². The zero-order chi connectivity index (χ0) is 19.4. The Morgan fingerprint density at radius 1 is 1.14 bits per heavy atom. The van der Waals surface area contributed by atoms with Crippen LogP contribution in [0.15, 0.2) is 27.9 Å². The van der Waals surface area contributed by atoms with Crippen LogP contribution in [0.25, 0.3) is 11.0 Å². The minimum atomic E-state index is -0.107. The number of aryl methyl sites for hydroxylation is 1. The van der Waals surface area contributed by atoms with Gasteiger partial charge in [0.2, 0.25) is 5.95 Å². The second kappa shape index (κ2) is 6.29. The Hall–Kier alpha value is -2.97. The maximum Gasteiger partial charge on any atom is 0.266 e. The summed E-state index contributed by atoms with van der Waals surface area (Å²) in [6.07, 6.45) is 5.78. The van der Waals surface area contributed by atoms with Crippen LogP contribution in [-0.2, 0) is 20.6 Å². The van der Waals surface area contributed by atoms with Crippen molar-refractivity contribution in [2.75, 3.05) is 11.4 Å². The highest BCUT2D eigenvalue weighted by Gasteiger charge is 2.30. The summed E-state index contributed by atoms with van der Waals surface area (Å²) in [5.41, 5.74) is 1.39. The molecule has 1 aliphatic carbocycles. The fourth-order valence-corrected chi connectivity index (χ4v) is 4.09. The van der Waals surface area contributed by atoms with Crippen LogP contribution in [0.3, 0.4) is 0 Å². The number of nitrogens with zero attached hydrogens (tertiary/aromatic N) is 7. The minimum Gasteiger partial charge on any atom is -0.337 e. The molecule has 9 heteroatoms. The maximum atomic E-state index is 12.7. The minimum absolute atomic E-state index is 0.0726. The van der Waals surface area contributed by atoms with Crippen molar-refractivity contribution in [1.29, 1.82) is 0 Å². The predicted molar refractivity (Wildman–Crippen MR) is 105 cm³/mol. The second-order valence-electron chi connectivity index (χ2n) is 7.82. The SMILES string of the molecule is Cn1c(N2CCCC2Cn2nc(C3CC3)ccc2=O)nc2c(cnn2C)c1=O. The largest absolute Gasteiger partial charge is 0.337 e. The molecule has 1 unspecified atom stereocenters. The van der Waals surface area contributed by atoms with Crippen LogP contribution in [0.4, 0.5) is 5.95 Å². The Bertz CT molecular complexity index is 1170. The third-order valence-electron chi connectivity index (χ3n) is 5.85. The quantitative estimate of drug-likeness (QED) is 0.663. The number of hydrogen-bond donors (Lipinski definition) is 0. The highest BCUT2D eigenvalue weighted by Crippen LogP contribution is 2.38. The van der Waals surface area contributed by atoms with E-state index in [9.17, 15) is 9.59 Å². The van der Waals surface area contributed by atoms with Gasteiger partial charge < -0.3 is 4.90 Å². The maximum absolute atomic E-state index is 12.7. The summed E-state index contributed by atoms with van der Waals surface area (Å²) in [6, 6.07) is 3.54. The lowest BCUT2D eigenvalue weighted by atomic mass is 10.2. The average Bonchev–Trinajstić information content (AvgIpc) is 3.33. The first-order valence-electron chi connectivity index (χ1n) is 9.76. The fraction of sp³-hybridized carbons (Fsp3) is 0.526. The van der Waals surface area contributed by atoms with Gasteiger partial charge in [-0.25, -0.2) is 4.68 Å². The molecule has 0 aromatic carbocycles.